The van der Waals surface area contributed by atoms with Crippen molar-refractivity contribution in [2.24, 2.45) is 17.3 Å². The van der Waals surface area contributed by atoms with Crippen LogP contribution in [0.2, 0.25) is 5.02 Å². The lowest BCUT2D eigenvalue weighted by Gasteiger charge is -2.33. The molecule has 1 heteroatoms. The summed E-state index contributed by atoms with van der Waals surface area (Å²) in [6, 6.07) is 6.72. The molecule has 0 heterocycles. The fraction of sp³-hybridized carbons (Fsp3) is 0.714. The Labute approximate surface area is 143 Å². The third-order valence-corrected chi connectivity index (χ3v) is 6.67. The molecule has 0 fully saturated rings. The predicted octanol–water partition coefficient (Wildman–Crippen LogP) is 7.28. The minimum Gasteiger partial charge on any atom is -0.0840 e. The van der Waals surface area contributed by atoms with Crippen molar-refractivity contribution in [2.45, 2.75) is 80.1 Å². The van der Waals surface area contributed by atoms with Crippen LogP contribution < -0.4 is 0 Å². The number of hydrogen-bond donors (Lipinski definition) is 0. The van der Waals surface area contributed by atoms with Gasteiger partial charge in [0.1, 0.15) is 0 Å². The largest absolute Gasteiger partial charge is 0.0840 e. The molecule has 0 aromatic heterocycles. The van der Waals surface area contributed by atoms with Crippen molar-refractivity contribution in [2.75, 3.05) is 0 Å². The summed E-state index contributed by atoms with van der Waals surface area (Å²) >= 11 is 6.60. The Morgan fingerprint density at radius 3 is 2.00 bits per heavy atom. The fourth-order valence-corrected chi connectivity index (χ4v) is 3.30. The Bertz CT molecular complexity index is 485. The van der Waals surface area contributed by atoms with Gasteiger partial charge in [0, 0.05) is 5.02 Å². The van der Waals surface area contributed by atoms with E-state index in [1.165, 1.54) is 24.0 Å². The van der Waals surface area contributed by atoms with Gasteiger partial charge in [0.15, 0.2) is 0 Å². The van der Waals surface area contributed by atoms with Gasteiger partial charge in [-0.3, -0.25) is 0 Å². The molecule has 0 bridgehead atoms. The fourth-order valence-electron chi connectivity index (χ4n) is 2.85. The lowest BCUT2D eigenvalue weighted by Crippen LogP contribution is -2.25. The zero-order chi connectivity index (χ0) is 17.1. The van der Waals surface area contributed by atoms with Gasteiger partial charge in [-0.1, -0.05) is 85.5 Å². The third kappa shape index (κ3) is 4.28. The van der Waals surface area contributed by atoms with Crippen LogP contribution in [0.15, 0.2) is 18.2 Å². The van der Waals surface area contributed by atoms with Gasteiger partial charge in [0.25, 0.3) is 0 Å². The van der Waals surface area contributed by atoms with E-state index in [1.807, 2.05) is 0 Å². The van der Waals surface area contributed by atoms with Crippen LogP contribution in [-0.4, -0.2) is 0 Å². The van der Waals surface area contributed by atoms with E-state index >= 15 is 0 Å². The normalized spacial score (nSPS) is 15.4. The molecule has 0 saturated carbocycles. The molecule has 1 aromatic carbocycles. The second kappa shape index (κ2) is 7.39. The molecule has 0 amide bonds. The second-order valence-electron chi connectivity index (χ2n) is 8.35. The average Bonchev–Trinajstić information content (AvgIpc) is 2.44. The highest BCUT2D eigenvalue weighted by Crippen LogP contribution is 2.38. The summed E-state index contributed by atoms with van der Waals surface area (Å²) in [6.07, 6.45) is 3.58. The van der Waals surface area contributed by atoms with Gasteiger partial charge in [-0.25, -0.2) is 0 Å². The van der Waals surface area contributed by atoms with Gasteiger partial charge < -0.3 is 0 Å². The van der Waals surface area contributed by atoms with Crippen molar-refractivity contribution in [3.8, 4) is 0 Å². The van der Waals surface area contributed by atoms with Gasteiger partial charge in [0.05, 0.1) is 0 Å². The predicted molar refractivity (Wildman–Crippen MR) is 101 cm³/mol. The Balaban J connectivity index is 2.91. The zero-order valence-electron chi connectivity index (χ0n) is 15.9. The minimum atomic E-state index is 0.117. The molecule has 0 aliphatic rings. The highest BCUT2D eigenvalue weighted by atomic mass is 35.5. The molecule has 0 spiro atoms. The van der Waals surface area contributed by atoms with Crippen LogP contribution in [0, 0.1) is 17.3 Å². The highest BCUT2D eigenvalue weighted by molar-refractivity contribution is 6.31. The van der Waals surface area contributed by atoms with E-state index in [0.29, 0.717) is 17.3 Å². The van der Waals surface area contributed by atoms with Crippen molar-refractivity contribution >= 4 is 11.6 Å². The summed E-state index contributed by atoms with van der Waals surface area (Å²) in [7, 11) is 0. The summed E-state index contributed by atoms with van der Waals surface area (Å²) in [6.45, 7) is 18.5. The molecule has 126 valence electrons. The van der Waals surface area contributed by atoms with Crippen LogP contribution in [0.3, 0.4) is 0 Å². The molecule has 0 radical (unpaired) electrons. The van der Waals surface area contributed by atoms with Crippen LogP contribution in [0.5, 0.6) is 0 Å². The number of benzene rings is 1. The molecular weight excluding hydrogens is 288 g/mol. The quantitative estimate of drug-likeness (QED) is 0.494. The van der Waals surface area contributed by atoms with Crippen molar-refractivity contribution in [1.29, 1.82) is 0 Å². The monoisotopic (exact) mass is 322 g/mol. The maximum absolute atomic E-state index is 6.60. The van der Waals surface area contributed by atoms with Crippen molar-refractivity contribution in [3.63, 3.8) is 0 Å². The first-order valence-corrected chi connectivity index (χ1v) is 9.21. The standard InChI is InChI=1S/C21H35Cl/c1-9-21(8,16(4)5)13-12-17-10-11-18(19(22)14-17)20(6,7)15(2)3/h10-11,14-16H,9,12-13H2,1-8H3. The van der Waals surface area contributed by atoms with E-state index in [-0.39, 0.29) is 5.41 Å². The summed E-state index contributed by atoms with van der Waals surface area (Å²) in [5.74, 6) is 1.28. The summed E-state index contributed by atoms with van der Waals surface area (Å²) in [5.41, 5.74) is 3.18. The Hall–Kier alpha value is -0.490. The second-order valence-corrected chi connectivity index (χ2v) is 8.76. The molecule has 22 heavy (non-hydrogen) atoms. The van der Waals surface area contributed by atoms with Gasteiger partial charge in [-0.05, 0) is 52.7 Å². The minimum absolute atomic E-state index is 0.117. The molecular formula is C21H35Cl. The first kappa shape index (κ1) is 19.6. The molecule has 0 aliphatic carbocycles. The molecule has 0 aliphatic heterocycles. The highest BCUT2D eigenvalue weighted by Gasteiger charge is 2.28. The Morgan fingerprint density at radius 1 is 1.00 bits per heavy atom. The summed E-state index contributed by atoms with van der Waals surface area (Å²) in [4.78, 5) is 0. The number of hydrogen-bond acceptors (Lipinski definition) is 0. The maximum atomic E-state index is 6.60. The molecule has 0 N–H and O–H groups in total. The topological polar surface area (TPSA) is 0 Å². The lowest BCUT2D eigenvalue weighted by molar-refractivity contribution is 0.190. The van der Waals surface area contributed by atoms with E-state index in [1.54, 1.807) is 0 Å². The molecule has 1 atom stereocenters. The smallest absolute Gasteiger partial charge is 0.0446 e. The maximum Gasteiger partial charge on any atom is 0.0446 e. The van der Waals surface area contributed by atoms with Gasteiger partial charge in [0.2, 0.25) is 0 Å². The van der Waals surface area contributed by atoms with Crippen molar-refractivity contribution in [3.05, 3.63) is 34.3 Å². The van der Waals surface area contributed by atoms with Crippen LogP contribution in [0.1, 0.15) is 79.4 Å². The lowest BCUT2D eigenvalue weighted by atomic mass is 9.72. The molecule has 1 unspecified atom stereocenters. The Kier molecular flexibility index (Phi) is 6.57. The van der Waals surface area contributed by atoms with Gasteiger partial charge in [-0.15, -0.1) is 0 Å². The van der Waals surface area contributed by atoms with Gasteiger partial charge >= 0.3 is 0 Å². The first-order valence-electron chi connectivity index (χ1n) is 8.83. The van der Waals surface area contributed by atoms with Crippen LogP contribution >= 0.6 is 11.6 Å². The van der Waals surface area contributed by atoms with E-state index < -0.39 is 0 Å². The summed E-state index contributed by atoms with van der Waals surface area (Å²) < 4.78 is 0. The number of halogens is 1. The number of aryl methyl sites for hydroxylation is 1. The molecule has 1 rings (SSSR count). The van der Waals surface area contributed by atoms with Gasteiger partial charge in [-0.2, -0.15) is 0 Å². The van der Waals surface area contributed by atoms with Crippen LogP contribution in [-0.2, 0) is 11.8 Å². The van der Waals surface area contributed by atoms with Crippen LogP contribution in [0.25, 0.3) is 0 Å². The van der Waals surface area contributed by atoms with E-state index in [0.717, 1.165) is 11.4 Å². The van der Waals surface area contributed by atoms with Crippen molar-refractivity contribution in [1.82, 2.24) is 0 Å². The first-order chi connectivity index (χ1) is 10.0. The third-order valence-electron chi connectivity index (χ3n) is 6.36. The molecule has 1 aromatic rings. The van der Waals surface area contributed by atoms with Crippen LogP contribution in [0.4, 0.5) is 0 Å². The molecule has 0 nitrogen and oxygen atoms in total. The number of rotatable bonds is 7. The molecule has 0 saturated heterocycles. The van der Waals surface area contributed by atoms with E-state index in [2.05, 4.69) is 73.6 Å². The van der Waals surface area contributed by atoms with E-state index in [9.17, 15) is 0 Å². The van der Waals surface area contributed by atoms with E-state index in [4.69, 9.17) is 11.6 Å². The Morgan fingerprint density at radius 2 is 1.59 bits per heavy atom. The SMILES string of the molecule is CCC(C)(CCc1ccc(C(C)(C)C(C)C)c(Cl)c1)C(C)C. The average molecular weight is 323 g/mol. The summed E-state index contributed by atoms with van der Waals surface area (Å²) in [5, 5.41) is 0.930. The van der Waals surface area contributed by atoms with Crippen molar-refractivity contribution < 1.29 is 0 Å². The zero-order valence-corrected chi connectivity index (χ0v) is 16.6.